The van der Waals surface area contributed by atoms with Crippen molar-refractivity contribution in [2.45, 2.75) is 25.3 Å². The van der Waals surface area contributed by atoms with Crippen LogP contribution in [0, 0.1) is 0 Å². The van der Waals surface area contributed by atoms with Gasteiger partial charge >= 0.3 is 0 Å². The number of nitrogens with one attached hydrogen (secondary N) is 1. The number of halogens is 2. The Morgan fingerprint density at radius 2 is 1.94 bits per heavy atom. The summed E-state index contributed by atoms with van der Waals surface area (Å²) < 4.78 is 25.5. The molecule has 90 valence electrons. The zero-order valence-electron chi connectivity index (χ0n) is 9.29. The van der Waals surface area contributed by atoms with Crippen molar-refractivity contribution in [1.82, 2.24) is 5.32 Å². The van der Waals surface area contributed by atoms with Gasteiger partial charge in [-0.25, -0.2) is 8.78 Å². The predicted molar refractivity (Wildman–Crippen MR) is 59.6 cm³/mol. The molecule has 4 heteroatoms. The molecule has 1 rings (SSSR count). The monoisotopic (exact) mass is 229 g/mol. The van der Waals surface area contributed by atoms with Crippen LogP contribution in [0.4, 0.5) is 8.78 Å². The number of hydrogen-bond acceptors (Lipinski definition) is 2. The first-order chi connectivity index (χ1) is 7.53. The average Bonchev–Trinajstić information content (AvgIpc) is 2.28. The van der Waals surface area contributed by atoms with Gasteiger partial charge in [-0.1, -0.05) is 30.3 Å². The molecule has 0 fully saturated rings. The van der Waals surface area contributed by atoms with Gasteiger partial charge in [0.2, 0.25) is 0 Å². The van der Waals surface area contributed by atoms with E-state index in [-0.39, 0.29) is 6.04 Å². The average molecular weight is 229 g/mol. The van der Waals surface area contributed by atoms with Crippen molar-refractivity contribution in [3.63, 3.8) is 0 Å². The molecule has 0 spiro atoms. The Hall–Kier alpha value is -1.00. The highest BCUT2D eigenvalue weighted by Gasteiger charge is 2.27. The van der Waals surface area contributed by atoms with E-state index in [0.717, 1.165) is 5.56 Å². The predicted octanol–water partition coefficient (Wildman–Crippen LogP) is 1.83. The van der Waals surface area contributed by atoms with Crippen LogP contribution in [0.2, 0.25) is 0 Å². The van der Waals surface area contributed by atoms with Crippen LogP contribution in [0.25, 0.3) is 0 Å². The van der Waals surface area contributed by atoms with Gasteiger partial charge in [0.25, 0.3) is 5.92 Å². The fourth-order valence-electron chi connectivity index (χ4n) is 1.42. The summed E-state index contributed by atoms with van der Waals surface area (Å²) >= 11 is 0. The van der Waals surface area contributed by atoms with E-state index in [1.165, 1.54) is 0 Å². The van der Waals surface area contributed by atoms with Crippen LogP contribution in [0.3, 0.4) is 0 Å². The SMILES string of the molecule is CC(Cc1ccccc1)NCC(F)(F)CO. The maximum atomic E-state index is 12.7. The van der Waals surface area contributed by atoms with E-state index in [1.807, 2.05) is 37.3 Å². The van der Waals surface area contributed by atoms with E-state index >= 15 is 0 Å². The second kappa shape index (κ2) is 5.92. The first-order valence-electron chi connectivity index (χ1n) is 5.29. The van der Waals surface area contributed by atoms with Crippen LogP contribution < -0.4 is 5.32 Å². The van der Waals surface area contributed by atoms with E-state index in [2.05, 4.69) is 5.32 Å². The van der Waals surface area contributed by atoms with Gasteiger partial charge in [-0.3, -0.25) is 0 Å². The molecule has 0 aromatic heterocycles. The van der Waals surface area contributed by atoms with Gasteiger partial charge in [-0.05, 0) is 18.9 Å². The molecule has 0 aliphatic heterocycles. The van der Waals surface area contributed by atoms with Crippen molar-refractivity contribution in [1.29, 1.82) is 0 Å². The molecule has 0 radical (unpaired) electrons. The molecule has 2 nitrogen and oxygen atoms in total. The van der Waals surface area contributed by atoms with Crippen molar-refractivity contribution in [2.75, 3.05) is 13.2 Å². The molecule has 16 heavy (non-hydrogen) atoms. The van der Waals surface area contributed by atoms with Crippen molar-refractivity contribution in [3.05, 3.63) is 35.9 Å². The lowest BCUT2D eigenvalue weighted by Crippen LogP contribution is -2.40. The van der Waals surface area contributed by atoms with Gasteiger partial charge in [0.15, 0.2) is 0 Å². The molecule has 0 aliphatic carbocycles. The van der Waals surface area contributed by atoms with Crippen LogP contribution in [-0.2, 0) is 6.42 Å². The summed E-state index contributed by atoms with van der Waals surface area (Å²) in [6, 6.07) is 9.64. The normalized spacial score (nSPS) is 13.8. The number of rotatable bonds is 6. The lowest BCUT2D eigenvalue weighted by Gasteiger charge is -2.18. The Labute approximate surface area is 94.3 Å². The lowest BCUT2D eigenvalue weighted by atomic mass is 10.1. The molecule has 0 saturated heterocycles. The molecule has 0 heterocycles. The number of aliphatic hydroxyl groups is 1. The quantitative estimate of drug-likeness (QED) is 0.780. The van der Waals surface area contributed by atoms with Crippen LogP contribution in [0.15, 0.2) is 30.3 Å². The first kappa shape index (κ1) is 13.1. The van der Waals surface area contributed by atoms with Gasteiger partial charge in [0.05, 0.1) is 6.54 Å². The molecule has 2 N–H and O–H groups in total. The van der Waals surface area contributed by atoms with E-state index in [1.54, 1.807) is 0 Å². The largest absolute Gasteiger partial charge is 0.390 e. The van der Waals surface area contributed by atoms with Crippen LogP contribution in [-0.4, -0.2) is 30.2 Å². The summed E-state index contributed by atoms with van der Waals surface area (Å²) in [7, 11) is 0. The van der Waals surface area contributed by atoms with Gasteiger partial charge in [0.1, 0.15) is 6.61 Å². The number of aliphatic hydroxyl groups excluding tert-OH is 1. The molecule has 1 aromatic carbocycles. The third-order valence-corrected chi connectivity index (χ3v) is 2.33. The minimum absolute atomic E-state index is 0.0418. The Morgan fingerprint density at radius 1 is 1.31 bits per heavy atom. The highest BCUT2D eigenvalue weighted by Crippen LogP contribution is 2.11. The summed E-state index contributed by atoms with van der Waals surface area (Å²) in [5.41, 5.74) is 1.11. The molecule has 0 saturated carbocycles. The number of benzene rings is 1. The molecular formula is C12H17F2NO. The van der Waals surface area contributed by atoms with Crippen LogP contribution >= 0.6 is 0 Å². The van der Waals surface area contributed by atoms with Crippen molar-refractivity contribution >= 4 is 0 Å². The summed E-state index contributed by atoms with van der Waals surface area (Å²) in [4.78, 5) is 0. The minimum atomic E-state index is -3.04. The Kier molecular flexibility index (Phi) is 4.83. The summed E-state index contributed by atoms with van der Waals surface area (Å²) in [5.74, 6) is -3.04. The molecule has 1 unspecified atom stereocenters. The molecule has 0 bridgehead atoms. The highest BCUT2D eigenvalue weighted by atomic mass is 19.3. The third kappa shape index (κ3) is 4.68. The Balaban J connectivity index is 2.34. The Morgan fingerprint density at radius 3 is 2.50 bits per heavy atom. The highest BCUT2D eigenvalue weighted by molar-refractivity contribution is 5.15. The van der Waals surface area contributed by atoms with Crippen molar-refractivity contribution in [2.24, 2.45) is 0 Å². The zero-order valence-corrected chi connectivity index (χ0v) is 9.29. The maximum Gasteiger partial charge on any atom is 0.282 e. The van der Waals surface area contributed by atoms with E-state index < -0.39 is 19.1 Å². The Bertz CT molecular complexity index is 303. The van der Waals surface area contributed by atoms with Gasteiger partial charge in [0, 0.05) is 6.04 Å². The summed E-state index contributed by atoms with van der Waals surface area (Å²) in [6.07, 6.45) is 0.697. The number of alkyl halides is 2. The van der Waals surface area contributed by atoms with Crippen molar-refractivity contribution < 1.29 is 13.9 Å². The van der Waals surface area contributed by atoms with Crippen LogP contribution in [0.1, 0.15) is 12.5 Å². The van der Waals surface area contributed by atoms with Gasteiger partial charge in [-0.2, -0.15) is 0 Å². The topological polar surface area (TPSA) is 32.3 Å². The lowest BCUT2D eigenvalue weighted by molar-refractivity contribution is -0.0490. The molecule has 1 aromatic rings. The van der Waals surface area contributed by atoms with E-state index in [0.29, 0.717) is 6.42 Å². The second-order valence-electron chi connectivity index (χ2n) is 3.99. The summed E-state index contributed by atoms with van der Waals surface area (Å²) in [6.45, 7) is 0.246. The molecule has 1 atom stereocenters. The second-order valence-corrected chi connectivity index (χ2v) is 3.99. The fraction of sp³-hybridized carbons (Fsp3) is 0.500. The van der Waals surface area contributed by atoms with Crippen LogP contribution in [0.5, 0.6) is 0 Å². The number of hydrogen-bond donors (Lipinski definition) is 2. The maximum absolute atomic E-state index is 12.7. The molecule has 0 amide bonds. The van der Waals surface area contributed by atoms with E-state index in [9.17, 15) is 8.78 Å². The fourth-order valence-corrected chi connectivity index (χ4v) is 1.42. The third-order valence-electron chi connectivity index (χ3n) is 2.33. The zero-order chi connectivity index (χ0) is 12.0. The molecular weight excluding hydrogens is 212 g/mol. The van der Waals surface area contributed by atoms with Crippen molar-refractivity contribution in [3.8, 4) is 0 Å². The first-order valence-corrected chi connectivity index (χ1v) is 5.29. The van der Waals surface area contributed by atoms with E-state index in [4.69, 9.17) is 5.11 Å². The van der Waals surface area contributed by atoms with Gasteiger partial charge in [-0.15, -0.1) is 0 Å². The molecule has 0 aliphatic rings. The van der Waals surface area contributed by atoms with Gasteiger partial charge < -0.3 is 10.4 Å². The summed E-state index contributed by atoms with van der Waals surface area (Å²) in [5, 5.41) is 11.1. The standard InChI is InChI=1S/C12H17F2NO/c1-10(15-8-12(13,14)9-16)7-11-5-3-2-4-6-11/h2-6,10,15-16H,7-9H2,1H3. The smallest absolute Gasteiger partial charge is 0.282 e. The minimum Gasteiger partial charge on any atom is -0.390 e.